The van der Waals surface area contributed by atoms with Crippen molar-refractivity contribution in [3.05, 3.63) is 90.1 Å². The van der Waals surface area contributed by atoms with Crippen molar-refractivity contribution in [3.63, 3.8) is 0 Å². The van der Waals surface area contributed by atoms with Gasteiger partial charge >= 0.3 is 5.97 Å². The number of fused-ring (bicyclic) bond motifs is 1. The van der Waals surface area contributed by atoms with E-state index in [1.165, 1.54) is 16.9 Å². The summed E-state index contributed by atoms with van der Waals surface area (Å²) in [5.74, 6) is 0.596. The van der Waals surface area contributed by atoms with Crippen LogP contribution >= 0.6 is 11.3 Å². The Morgan fingerprint density at radius 3 is 2.41 bits per heavy atom. The van der Waals surface area contributed by atoms with Gasteiger partial charge < -0.3 is 14.2 Å². The summed E-state index contributed by atoms with van der Waals surface area (Å²) < 4.78 is 19.0. The van der Waals surface area contributed by atoms with Crippen LogP contribution < -0.4 is 24.4 Å². The highest BCUT2D eigenvalue weighted by molar-refractivity contribution is 7.07. The van der Waals surface area contributed by atoms with E-state index < -0.39 is 12.0 Å². The van der Waals surface area contributed by atoms with Crippen molar-refractivity contribution >= 4 is 23.4 Å². The summed E-state index contributed by atoms with van der Waals surface area (Å²) in [5, 5.41) is 0. The molecule has 0 radical (unpaired) electrons. The van der Waals surface area contributed by atoms with Crippen LogP contribution in [0.1, 0.15) is 71.2 Å². The summed E-state index contributed by atoms with van der Waals surface area (Å²) >= 11 is 1.30. The second kappa shape index (κ2) is 11.2. The van der Waals surface area contributed by atoms with Gasteiger partial charge in [0.15, 0.2) is 16.3 Å². The van der Waals surface area contributed by atoms with E-state index in [0.717, 1.165) is 5.56 Å². The lowest BCUT2D eigenvalue weighted by atomic mass is 9.87. The molecule has 7 nitrogen and oxygen atoms in total. The molecule has 3 aromatic rings. The lowest BCUT2D eigenvalue weighted by Crippen LogP contribution is -2.40. The fourth-order valence-corrected chi connectivity index (χ4v) is 5.59. The molecule has 2 heterocycles. The summed E-state index contributed by atoms with van der Waals surface area (Å²) in [5.41, 5.74) is 3.49. The number of aromatic nitrogens is 1. The van der Waals surface area contributed by atoms with E-state index in [1.54, 1.807) is 31.6 Å². The van der Waals surface area contributed by atoms with Gasteiger partial charge in [-0.05, 0) is 68.0 Å². The molecule has 1 aromatic heterocycles. The van der Waals surface area contributed by atoms with Crippen molar-refractivity contribution < 1.29 is 19.0 Å². The molecule has 1 atom stereocenters. The Bertz CT molecular complexity index is 1590. The van der Waals surface area contributed by atoms with E-state index in [0.29, 0.717) is 37.7 Å². The van der Waals surface area contributed by atoms with Gasteiger partial charge in [0.2, 0.25) is 0 Å². The molecule has 0 amide bonds. The van der Waals surface area contributed by atoms with Gasteiger partial charge in [-0.1, -0.05) is 62.4 Å². The number of nitrogens with zero attached hydrogens (tertiary/aromatic N) is 2. The monoisotopic (exact) mass is 548 g/mol. The summed E-state index contributed by atoms with van der Waals surface area (Å²) in [6.07, 6.45) is 1.83. The Balaban J connectivity index is 1.90. The number of hydrogen-bond acceptors (Lipinski definition) is 7. The number of rotatable bonds is 7. The first-order valence-electron chi connectivity index (χ1n) is 13.1. The van der Waals surface area contributed by atoms with Gasteiger partial charge in [0, 0.05) is 0 Å². The van der Waals surface area contributed by atoms with Crippen molar-refractivity contribution in [2.45, 2.75) is 66.0 Å². The Hall–Kier alpha value is -3.65. The number of thiazole rings is 1. The van der Waals surface area contributed by atoms with Gasteiger partial charge in [-0.3, -0.25) is 9.36 Å². The van der Waals surface area contributed by atoms with Gasteiger partial charge in [0.25, 0.3) is 5.56 Å². The molecule has 206 valence electrons. The lowest BCUT2D eigenvalue weighted by Gasteiger charge is -2.25. The third-order valence-electron chi connectivity index (χ3n) is 6.46. The second-order valence-corrected chi connectivity index (χ2v) is 11.8. The quantitative estimate of drug-likeness (QED) is 0.393. The average molecular weight is 549 g/mol. The first-order valence-corrected chi connectivity index (χ1v) is 13.9. The minimum absolute atomic E-state index is 0.0374. The average Bonchev–Trinajstić information content (AvgIpc) is 3.17. The number of allylic oxidation sites excluding steroid dienone is 1. The summed E-state index contributed by atoms with van der Waals surface area (Å²) in [4.78, 5) is 32.2. The van der Waals surface area contributed by atoms with E-state index in [4.69, 9.17) is 14.2 Å². The van der Waals surface area contributed by atoms with Crippen LogP contribution in [0, 0.1) is 0 Å². The molecule has 0 bridgehead atoms. The Morgan fingerprint density at radius 2 is 1.82 bits per heavy atom. The third-order valence-corrected chi connectivity index (χ3v) is 7.44. The van der Waals surface area contributed by atoms with Crippen molar-refractivity contribution in [1.82, 2.24) is 4.57 Å². The Labute approximate surface area is 233 Å². The molecule has 4 rings (SSSR count). The topological polar surface area (TPSA) is 79.1 Å². The normalized spacial score (nSPS) is 15.7. The molecule has 0 fully saturated rings. The maximum atomic E-state index is 13.9. The van der Waals surface area contributed by atoms with E-state index in [9.17, 15) is 9.59 Å². The number of carbonyl (C=O) groups is 1. The van der Waals surface area contributed by atoms with Crippen molar-refractivity contribution in [2.24, 2.45) is 4.99 Å². The van der Waals surface area contributed by atoms with E-state index in [1.807, 2.05) is 44.2 Å². The summed E-state index contributed by atoms with van der Waals surface area (Å²) in [7, 11) is 1.57. The Morgan fingerprint density at radius 1 is 1.13 bits per heavy atom. The maximum absolute atomic E-state index is 13.9. The standard InChI is InChI=1S/C31H36N2O5S/c1-9-37-29(35)26-19(4)32-30-33(27(26)21-12-15-23(38-18(2)3)24(17-21)36-8)28(34)25(39-30)16-20-10-13-22(14-11-20)31(5,6)7/h10-18,27H,9H2,1-8H3/b25-16-/t27-/m0/s1. The predicted molar refractivity (Wildman–Crippen MR) is 154 cm³/mol. The number of benzene rings is 2. The molecule has 2 aromatic carbocycles. The fraction of sp³-hybridized carbons (Fsp3) is 0.387. The van der Waals surface area contributed by atoms with Crippen molar-refractivity contribution in [1.29, 1.82) is 0 Å². The first-order chi connectivity index (χ1) is 18.4. The second-order valence-electron chi connectivity index (χ2n) is 10.8. The van der Waals surface area contributed by atoms with Crippen LogP contribution in [0.15, 0.2) is 63.5 Å². The van der Waals surface area contributed by atoms with Gasteiger partial charge in [0.1, 0.15) is 0 Å². The minimum atomic E-state index is -0.729. The molecular weight excluding hydrogens is 512 g/mol. The molecule has 0 saturated heterocycles. The number of esters is 1. The summed E-state index contributed by atoms with van der Waals surface area (Å²) in [6, 6.07) is 12.9. The molecule has 8 heteroatoms. The summed E-state index contributed by atoms with van der Waals surface area (Å²) in [6.45, 7) is 14.1. The Kier molecular flexibility index (Phi) is 8.16. The van der Waals surface area contributed by atoms with Crippen LogP contribution in [0.3, 0.4) is 0 Å². The van der Waals surface area contributed by atoms with Crippen LogP contribution in [0.4, 0.5) is 0 Å². The van der Waals surface area contributed by atoms with Crippen LogP contribution in [-0.2, 0) is 14.9 Å². The SMILES string of the molecule is CCOC(=O)C1=C(C)N=c2s/c(=C\c3ccc(C(C)(C)C)cc3)c(=O)n2[C@H]1c1ccc(OC(C)C)c(OC)c1. The molecule has 0 aliphatic carbocycles. The highest BCUT2D eigenvalue weighted by atomic mass is 32.1. The zero-order valence-corrected chi connectivity index (χ0v) is 24.6. The largest absolute Gasteiger partial charge is 0.493 e. The molecule has 1 aliphatic heterocycles. The molecule has 1 aliphatic rings. The number of ether oxygens (including phenoxy) is 3. The lowest BCUT2D eigenvalue weighted by molar-refractivity contribution is -0.139. The van der Waals surface area contributed by atoms with Crippen LogP contribution in [-0.4, -0.2) is 30.4 Å². The number of methoxy groups -OCH3 is 1. The van der Waals surface area contributed by atoms with Crippen molar-refractivity contribution in [3.8, 4) is 11.5 Å². The van der Waals surface area contributed by atoms with Gasteiger partial charge in [0.05, 0.1) is 41.7 Å². The smallest absolute Gasteiger partial charge is 0.338 e. The van der Waals surface area contributed by atoms with Gasteiger partial charge in [-0.15, -0.1) is 0 Å². The zero-order valence-electron chi connectivity index (χ0n) is 23.8. The highest BCUT2D eigenvalue weighted by Gasteiger charge is 2.34. The predicted octanol–water partition coefficient (Wildman–Crippen LogP) is 4.89. The highest BCUT2D eigenvalue weighted by Crippen LogP contribution is 2.36. The van der Waals surface area contributed by atoms with Crippen LogP contribution in [0.2, 0.25) is 0 Å². The van der Waals surface area contributed by atoms with Crippen LogP contribution in [0.25, 0.3) is 6.08 Å². The molecule has 0 N–H and O–H groups in total. The number of hydrogen-bond donors (Lipinski definition) is 0. The van der Waals surface area contributed by atoms with E-state index >= 15 is 0 Å². The minimum Gasteiger partial charge on any atom is -0.493 e. The molecular formula is C31H36N2O5S. The molecule has 0 unspecified atom stereocenters. The molecule has 0 saturated carbocycles. The number of carbonyl (C=O) groups excluding carboxylic acids is 1. The van der Waals surface area contributed by atoms with Crippen LogP contribution in [0.5, 0.6) is 11.5 Å². The fourth-order valence-electron chi connectivity index (χ4n) is 4.54. The zero-order chi connectivity index (χ0) is 28.5. The molecule has 39 heavy (non-hydrogen) atoms. The van der Waals surface area contributed by atoms with Crippen molar-refractivity contribution in [2.75, 3.05) is 13.7 Å². The maximum Gasteiger partial charge on any atom is 0.338 e. The molecule has 0 spiro atoms. The van der Waals surface area contributed by atoms with E-state index in [-0.39, 0.29) is 23.7 Å². The first kappa shape index (κ1) is 28.4. The third kappa shape index (κ3) is 5.86. The van der Waals surface area contributed by atoms with Gasteiger partial charge in [-0.2, -0.15) is 0 Å². The van der Waals surface area contributed by atoms with E-state index in [2.05, 4.69) is 37.9 Å². The van der Waals surface area contributed by atoms with Gasteiger partial charge in [-0.25, -0.2) is 9.79 Å².